The molecular formula is C33H44N4O6. The van der Waals surface area contributed by atoms with Gasteiger partial charge in [-0.05, 0) is 82.9 Å². The number of rotatable bonds is 8. The topological polar surface area (TPSA) is 121 Å². The van der Waals surface area contributed by atoms with Crippen molar-refractivity contribution in [3.8, 4) is 0 Å². The molecule has 3 fully saturated rings. The number of nitrogens with zero attached hydrogens (tertiary/aromatic N) is 3. The Kier molecular flexibility index (Phi) is 9.54. The number of amides is 2. The van der Waals surface area contributed by atoms with Gasteiger partial charge >= 0.3 is 12.2 Å². The zero-order valence-corrected chi connectivity index (χ0v) is 25.4. The fourth-order valence-electron chi connectivity index (χ4n) is 6.60. The van der Waals surface area contributed by atoms with E-state index in [-0.39, 0.29) is 55.0 Å². The molecule has 0 spiro atoms. The molecule has 2 bridgehead atoms. The Balaban J connectivity index is 1.07. The molecule has 2 unspecified atom stereocenters. The number of aromatic nitrogens is 1. The average Bonchev–Trinajstić information content (AvgIpc) is 3.25. The summed E-state index contributed by atoms with van der Waals surface area (Å²) < 4.78 is 10.9. The van der Waals surface area contributed by atoms with Gasteiger partial charge in [0, 0.05) is 49.4 Å². The number of carbonyl (C=O) groups excluding carboxylic acids is 3. The maximum absolute atomic E-state index is 13.0. The van der Waals surface area contributed by atoms with Crippen LogP contribution in [0.15, 0.2) is 48.7 Å². The highest BCUT2D eigenvalue weighted by molar-refractivity contribution is 5.96. The maximum Gasteiger partial charge on any atom is 0.410 e. The van der Waals surface area contributed by atoms with Gasteiger partial charge in [-0.2, -0.15) is 0 Å². The van der Waals surface area contributed by atoms with E-state index in [9.17, 15) is 19.5 Å². The van der Waals surface area contributed by atoms with Gasteiger partial charge in [-0.15, -0.1) is 0 Å². The minimum absolute atomic E-state index is 0.0249. The molecule has 43 heavy (non-hydrogen) atoms. The number of aliphatic hydroxyl groups excluding tert-OH is 1. The van der Waals surface area contributed by atoms with Crippen molar-refractivity contribution < 1.29 is 29.0 Å². The van der Waals surface area contributed by atoms with Crippen LogP contribution in [-0.4, -0.2) is 75.9 Å². The van der Waals surface area contributed by atoms with Gasteiger partial charge in [-0.25, -0.2) is 14.6 Å². The number of hydrogen-bond acceptors (Lipinski definition) is 8. The standard InChI is InChI=1S/C33H44N4O6/c1-33(2,3)43-31(40)35-25-17-26-10-11-27(18-25)37(26)30-12-9-24(20-34-30)29(39)19-28(38)23-13-15-36(16-14-23)32(41)42-21-22-7-5-4-6-8-22/h4-9,12,20,23,25-28,38H,10-11,13-19,21H2,1-3H3,(H,35,40)/t25?,26-,27+,28?. The first kappa shape index (κ1) is 30.8. The van der Waals surface area contributed by atoms with Crippen molar-refractivity contribution >= 4 is 23.8 Å². The molecular weight excluding hydrogens is 548 g/mol. The van der Waals surface area contributed by atoms with E-state index in [4.69, 9.17) is 9.47 Å². The Morgan fingerprint density at radius 1 is 1.00 bits per heavy atom. The maximum atomic E-state index is 13.0. The third-order valence-electron chi connectivity index (χ3n) is 8.73. The van der Waals surface area contributed by atoms with Crippen LogP contribution in [0.3, 0.4) is 0 Å². The average molecular weight is 593 g/mol. The van der Waals surface area contributed by atoms with Crippen LogP contribution in [0.2, 0.25) is 0 Å². The summed E-state index contributed by atoms with van der Waals surface area (Å²) in [4.78, 5) is 46.4. The number of Topliss-reactive ketones (excluding diaryl/α,β-unsaturated/α-hetero) is 1. The number of fused-ring (bicyclic) bond motifs is 2. The third kappa shape index (κ3) is 8.04. The van der Waals surface area contributed by atoms with Gasteiger partial charge in [0.15, 0.2) is 5.78 Å². The number of hydrogen-bond donors (Lipinski definition) is 2. The largest absolute Gasteiger partial charge is 0.445 e. The number of likely N-dealkylation sites (tertiary alicyclic amines) is 1. The van der Waals surface area contributed by atoms with Crippen molar-refractivity contribution in [2.45, 2.75) is 102 Å². The van der Waals surface area contributed by atoms with Crippen molar-refractivity contribution in [2.75, 3.05) is 18.0 Å². The molecule has 1 aromatic heterocycles. The normalized spacial score (nSPS) is 23.0. The Morgan fingerprint density at radius 3 is 2.28 bits per heavy atom. The molecule has 2 amide bonds. The molecule has 4 atom stereocenters. The first-order valence-electron chi connectivity index (χ1n) is 15.5. The number of benzene rings is 1. The molecule has 5 rings (SSSR count). The van der Waals surface area contributed by atoms with Crippen molar-refractivity contribution in [3.63, 3.8) is 0 Å². The molecule has 1 aromatic carbocycles. The van der Waals surface area contributed by atoms with E-state index in [2.05, 4.69) is 15.2 Å². The summed E-state index contributed by atoms with van der Waals surface area (Å²) in [6, 6.07) is 13.9. The van der Waals surface area contributed by atoms with Crippen LogP contribution in [0.1, 0.15) is 81.6 Å². The Bertz CT molecular complexity index is 1240. The Morgan fingerprint density at radius 2 is 1.67 bits per heavy atom. The zero-order chi connectivity index (χ0) is 30.6. The monoisotopic (exact) mass is 592 g/mol. The summed E-state index contributed by atoms with van der Waals surface area (Å²) >= 11 is 0. The second-order valence-electron chi connectivity index (χ2n) is 13.1. The molecule has 3 aliphatic rings. The van der Waals surface area contributed by atoms with E-state index in [0.29, 0.717) is 31.5 Å². The minimum Gasteiger partial charge on any atom is -0.445 e. The molecule has 10 heteroatoms. The lowest BCUT2D eigenvalue weighted by molar-refractivity contribution is 0.0399. The van der Waals surface area contributed by atoms with Crippen LogP contribution in [0.25, 0.3) is 0 Å². The minimum atomic E-state index is -0.776. The molecule has 0 aliphatic carbocycles. The van der Waals surface area contributed by atoms with Gasteiger partial charge in [-0.1, -0.05) is 30.3 Å². The number of ketones is 1. The lowest BCUT2D eigenvalue weighted by atomic mass is 9.88. The second kappa shape index (κ2) is 13.3. The summed E-state index contributed by atoms with van der Waals surface area (Å²) in [6.07, 6.45) is 5.10. The van der Waals surface area contributed by atoms with Crippen LogP contribution in [0, 0.1) is 5.92 Å². The number of aliphatic hydroxyl groups is 1. The summed E-state index contributed by atoms with van der Waals surface area (Å²) in [5, 5.41) is 13.9. The highest BCUT2D eigenvalue weighted by atomic mass is 16.6. The van der Waals surface area contributed by atoms with Crippen LogP contribution >= 0.6 is 0 Å². The van der Waals surface area contributed by atoms with Gasteiger partial charge in [0.25, 0.3) is 0 Å². The fraction of sp³-hybridized carbons (Fsp3) is 0.576. The number of carbonyl (C=O) groups is 3. The lowest BCUT2D eigenvalue weighted by Crippen LogP contribution is -2.51. The number of piperidine rings is 2. The van der Waals surface area contributed by atoms with Gasteiger partial charge in [0.2, 0.25) is 0 Å². The number of alkyl carbamates (subject to hydrolysis) is 1. The molecule has 4 heterocycles. The number of pyridine rings is 1. The summed E-state index contributed by atoms with van der Waals surface area (Å²) in [5.41, 5.74) is 0.893. The van der Waals surface area contributed by atoms with Crippen molar-refractivity contribution in [3.05, 3.63) is 59.8 Å². The van der Waals surface area contributed by atoms with Crippen molar-refractivity contribution in [1.82, 2.24) is 15.2 Å². The molecule has 3 saturated heterocycles. The lowest BCUT2D eigenvalue weighted by Gasteiger charge is -2.40. The van der Waals surface area contributed by atoms with E-state index >= 15 is 0 Å². The molecule has 232 valence electrons. The van der Waals surface area contributed by atoms with Gasteiger partial charge in [0.1, 0.15) is 18.0 Å². The van der Waals surface area contributed by atoms with Crippen LogP contribution in [-0.2, 0) is 16.1 Å². The molecule has 0 saturated carbocycles. The highest BCUT2D eigenvalue weighted by Crippen LogP contribution is 2.38. The highest BCUT2D eigenvalue weighted by Gasteiger charge is 2.42. The number of anilines is 1. The van der Waals surface area contributed by atoms with E-state index in [1.165, 1.54) is 0 Å². The fourth-order valence-corrected chi connectivity index (χ4v) is 6.60. The van der Waals surface area contributed by atoms with E-state index in [0.717, 1.165) is 37.1 Å². The quantitative estimate of drug-likeness (QED) is 0.407. The predicted molar refractivity (Wildman–Crippen MR) is 162 cm³/mol. The number of nitrogens with one attached hydrogen (secondary N) is 1. The van der Waals surface area contributed by atoms with Crippen LogP contribution in [0.5, 0.6) is 0 Å². The third-order valence-corrected chi connectivity index (χ3v) is 8.73. The second-order valence-corrected chi connectivity index (χ2v) is 13.1. The van der Waals surface area contributed by atoms with Crippen LogP contribution < -0.4 is 10.2 Å². The van der Waals surface area contributed by atoms with Gasteiger partial charge < -0.3 is 29.7 Å². The SMILES string of the molecule is CC(C)(C)OC(=O)NC1C[C@H]2CC[C@@H](C1)N2c1ccc(C(=O)CC(O)C2CCN(C(=O)OCc3ccccc3)CC2)cn1. The smallest absolute Gasteiger partial charge is 0.410 e. The van der Waals surface area contributed by atoms with Gasteiger partial charge in [0.05, 0.1) is 6.10 Å². The first-order valence-corrected chi connectivity index (χ1v) is 15.5. The van der Waals surface area contributed by atoms with Gasteiger partial charge in [-0.3, -0.25) is 4.79 Å². The molecule has 3 aliphatic heterocycles. The molecule has 0 radical (unpaired) electrons. The molecule has 2 N–H and O–H groups in total. The van der Waals surface area contributed by atoms with E-state index < -0.39 is 11.7 Å². The van der Waals surface area contributed by atoms with Crippen molar-refractivity contribution in [1.29, 1.82) is 0 Å². The first-order chi connectivity index (χ1) is 20.6. The summed E-state index contributed by atoms with van der Waals surface area (Å²) in [5.74, 6) is 0.645. The molecule has 2 aromatic rings. The zero-order valence-electron chi connectivity index (χ0n) is 25.4. The Hall–Kier alpha value is -3.66. The van der Waals surface area contributed by atoms with Crippen molar-refractivity contribution in [2.24, 2.45) is 5.92 Å². The predicted octanol–water partition coefficient (Wildman–Crippen LogP) is 5.09. The summed E-state index contributed by atoms with van der Waals surface area (Å²) in [7, 11) is 0. The summed E-state index contributed by atoms with van der Waals surface area (Å²) in [6.45, 7) is 6.79. The van der Waals surface area contributed by atoms with E-state index in [1.807, 2.05) is 57.2 Å². The Labute approximate surface area is 253 Å². The number of ether oxygens (including phenoxy) is 2. The van der Waals surface area contributed by atoms with E-state index in [1.54, 1.807) is 17.2 Å². The molecule has 10 nitrogen and oxygen atoms in total. The van der Waals surface area contributed by atoms with Crippen LogP contribution in [0.4, 0.5) is 15.4 Å².